The Labute approximate surface area is 220 Å². The van der Waals surface area contributed by atoms with Crippen LogP contribution in [0.15, 0.2) is 78.0 Å². The average Bonchev–Trinajstić information content (AvgIpc) is 2.95. The van der Waals surface area contributed by atoms with E-state index in [1.165, 1.54) is 11.3 Å². The summed E-state index contributed by atoms with van der Waals surface area (Å²) in [5, 5.41) is 12.3. The summed E-state index contributed by atoms with van der Waals surface area (Å²) in [7, 11) is 0. The molecule has 6 heteroatoms. The summed E-state index contributed by atoms with van der Waals surface area (Å²) in [6, 6.07) is 20.6. The van der Waals surface area contributed by atoms with Crippen molar-refractivity contribution in [1.82, 2.24) is 15.1 Å². The van der Waals surface area contributed by atoms with Gasteiger partial charge in [-0.2, -0.15) is 5.26 Å². The fraction of sp³-hybridized carbons (Fsp3) is 0.419. The van der Waals surface area contributed by atoms with Crippen LogP contribution in [-0.2, 0) is 6.54 Å². The molecule has 0 unspecified atom stereocenters. The van der Waals surface area contributed by atoms with E-state index in [-0.39, 0.29) is 18.1 Å². The van der Waals surface area contributed by atoms with Crippen LogP contribution >= 0.6 is 0 Å². The number of carbonyl (C=O) groups excluding carboxylic acids is 1. The maximum atomic E-state index is 13.0. The molecule has 0 spiro atoms. The van der Waals surface area contributed by atoms with Gasteiger partial charge in [0.05, 0.1) is 6.07 Å². The SMILES string of the molecule is N#CC1=CC=C(N2CCC(Oc3cccc(C(=O)NC4CCN(Cc5ccccc5)CC4)c3)CC2)CC1. The molecule has 1 amide bonds. The Balaban J connectivity index is 1.07. The highest BCUT2D eigenvalue weighted by molar-refractivity contribution is 5.94. The average molecular weight is 497 g/mol. The number of carbonyl (C=O) groups is 1. The van der Waals surface area contributed by atoms with Gasteiger partial charge in [-0.1, -0.05) is 36.4 Å². The predicted octanol–water partition coefficient (Wildman–Crippen LogP) is 5.05. The van der Waals surface area contributed by atoms with E-state index >= 15 is 0 Å². The van der Waals surface area contributed by atoms with Crippen LogP contribution in [0.25, 0.3) is 0 Å². The second-order valence-corrected chi connectivity index (χ2v) is 10.3. The Hall–Kier alpha value is -3.56. The van der Waals surface area contributed by atoms with Crippen molar-refractivity contribution in [2.75, 3.05) is 26.2 Å². The molecule has 2 fully saturated rings. The minimum absolute atomic E-state index is 0.0178. The molecule has 0 saturated carbocycles. The van der Waals surface area contributed by atoms with Crippen LogP contribution < -0.4 is 10.1 Å². The molecule has 0 radical (unpaired) electrons. The van der Waals surface area contributed by atoms with E-state index in [1.807, 2.05) is 30.3 Å². The Kier molecular flexibility index (Phi) is 8.22. The van der Waals surface area contributed by atoms with E-state index < -0.39 is 0 Å². The fourth-order valence-electron chi connectivity index (χ4n) is 5.49. The molecule has 2 aliphatic heterocycles. The van der Waals surface area contributed by atoms with E-state index in [9.17, 15) is 4.79 Å². The number of piperidine rings is 2. The third-order valence-corrected chi connectivity index (χ3v) is 7.69. The van der Waals surface area contributed by atoms with Crippen molar-refractivity contribution >= 4 is 5.91 Å². The van der Waals surface area contributed by atoms with Crippen LogP contribution in [0.4, 0.5) is 0 Å². The molecule has 2 aromatic rings. The van der Waals surface area contributed by atoms with Crippen molar-refractivity contribution in [2.45, 2.75) is 57.2 Å². The molecule has 0 atom stereocenters. The van der Waals surface area contributed by atoms with Gasteiger partial charge in [-0.3, -0.25) is 9.69 Å². The lowest BCUT2D eigenvalue weighted by Gasteiger charge is -2.36. The van der Waals surface area contributed by atoms with Crippen LogP contribution in [0.1, 0.15) is 54.4 Å². The second kappa shape index (κ2) is 12.1. The van der Waals surface area contributed by atoms with Crippen LogP contribution in [0.3, 0.4) is 0 Å². The summed E-state index contributed by atoms with van der Waals surface area (Å²) in [5.41, 5.74) is 4.18. The van der Waals surface area contributed by atoms with Crippen LogP contribution in [0, 0.1) is 11.3 Å². The molecular weight excluding hydrogens is 460 g/mol. The third-order valence-electron chi connectivity index (χ3n) is 7.69. The highest BCUT2D eigenvalue weighted by Gasteiger charge is 2.24. The first-order valence-corrected chi connectivity index (χ1v) is 13.5. The summed E-state index contributed by atoms with van der Waals surface area (Å²) >= 11 is 0. The first-order valence-electron chi connectivity index (χ1n) is 13.5. The molecule has 1 N–H and O–H groups in total. The maximum absolute atomic E-state index is 13.0. The maximum Gasteiger partial charge on any atom is 0.251 e. The molecule has 2 saturated heterocycles. The summed E-state index contributed by atoms with van der Waals surface area (Å²) in [6.45, 7) is 4.87. The summed E-state index contributed by atoms with van der Waals surface area (Å²) in [5.74, 6) is 0.748. The molecule has 37 heavy (non-hydrogen) atoms. The third kappa shape index (κ3) is 6.81. The Morgan fingerprint density at radius 2 is 1.73 bits per heavy atom. The summed E-state index contributed by atoms with van der Waals surface area (Å²) < 4.78 is 6.29. The van der Waals surface area contributed by atoms with Crippen molar-refractivity contribution in [3.63, 3.8) is 0 Å². The zero-order valence-corrected chi connectivity index (χ0v) is 21.4. The van der Waals surface area contributed by atoms with Crippen LogP contribution in [0.5, 0.6) is 5.75 Å². The number of nitrogens with zero attached hydrogens (tertiary/aromatic N) is 3. The van der Waals surface area contributed by atoms with Gasteiger partial charge >= 0.3 is 0 Å². The minimum Gasteiger partial charge on any atom is -0.490 e. The number of rotatable bonds is 7. The van der Waals surface area contributed by atoms with Crippen molar-refractivity contribution in [3.05, 3.63) is 89.1 Å². The lowest BCUT2D eigenvalue weighted by Crippen LogP contribution is -2.44. The summed E-state index contributed by atoms with van der Waals surface area (Å²) in [6.07, 6.45) is 9.81. The van der Waals surface area contributed by atoms with E-state index in [2.05, 4.69) is 57.6 Å². The van der Waals surface area contributed by atoms with Gasteiger partial charge in [-0.25, -0.2) is 0 Å². The van der Waals surface area contributed by atoms with Gasteiger partial charge in [-0.05, 0) is 61.6 Å². The fourth-order valence-corrected chi connectivity index (χ4v) is 5.49. The first-order chi connectivity index (χ1) is 18.2. The van der Waals surface area contributed by atoms with Gasteiger partial charge < -0.3 is 15.0 Å². The van der Waals surface area contributed by atoms with E-state index in [0.717, 1.165) is 82.6 Å². The molecule has 192 valence electrons. The molecule has 1 aliphatic carbocycles. The predicted molar refractivity (Wildman–Crippen MR) is 145 cm³/mol. The van der Waals surface area contributed by atoms with Gasteiger partial charge in [-0.15, -0.1) is 0 Å². The first kappa shape index (κ1) is 25.1. The van der Waals surface area contributed by atoms with Crippen molar-refractivity contribution in [1.29, 1.82) is 5.26 Å². The van der Waals surface area contributed by atoms with Gasteiger partial charge in [0, 0.05) is 68.4 Å². The number of ether oxygens (including phenoxy) is 1. The molecule has 2 heterocycles. The normalized spacial score (nSPS) is 19.5. The van der Waals surface area contributed by atoms with Crippen molar-refractivity contribution < 1.29 is 9.53 Å². The quantitative estimate of drug-likeness (QED) is 0.581. The number of allylic oxidation sites excluding steroid dienone is 4. The van der Waals surface area contributed by atoms with Crippen molar-refractivity contribution in [2.24, 2.45) is 0 Å². The lowest BCUT2D eigenvalue weighted by atomic mass is 10.00. The second-order valence-electron chi connectivity index (χ2n) is 10.3. The minimum atomic E-state index is -0.0178. The van der Waals surface area contributed by atoms with E-state index in [1.54, 1.807) is 0 Å². The largest absolute Gasteiger partial charge is 0.490 e. The Bertz CT molecular complexity index is 1170. The molecule has 2 aromatic carbocycles. The molecule has 6 nitrogen and oxygen atoms in total. The standard InChI is InChI=1S/C31H36N4O2/c32-22-24-9-11-28(12-10-24)35-19-15-29(16-20-35)37-30-8-4-7-26(21-30)31(36)33-27-13-17-34(18-14-27)23-25-5-2-1-3-6-25/h1-9,11,21,27,29H,10,12-20,23H2,(H,33,36). The monoisotopic (exact) mass is 496 g/mol. The molecule has 3 aliphatic rings. The number of likely N-dealkylation sites (tertiary alicyclic amines) is 2. The molecule has 0 aromatic heterocycles. The highest BCUT2D eigenvalue weighted by Crippen LogP contribution is 2.26. The zero-order chi connectivity index (χ0) is 25.5. The topological polar surface area (TPSA) is 68.6 Å². The molecule has 0 bridgehead atoms. The number of hydrogen-bond donors (Lipinski definition) is 1. The number of amides is 1. The molecular formula is C31H36N4O2. The highest BCUT2D eigenvalue weighted by atomic mass is 16.5. The molecule has 5 rings (SSSR count). The van der Waals surface area contributed by atoms with E-state index in [4.69, 9.17) is 10.00 Å². The number of hydrogen-bond acceptors (Lipinski definition) is 5. The van der Waals surface area contributed by atoms with Gasteiger partial charge in [0.15, 0.2) is 0 Å². The van der Waals surface area contributed by atoms with Gasteiger partial charge in [0.2, 0.25) is 0 Å². The van der Waals surface area contributed by atoms with Gasteiger partial charge in [0.1, 0.15) is 11.9 Å². The Morgan fingerprint density at radius 1 is 0.946 bits per heavy atom. The van der Waals surface area contributed by atoms with Crippen LogP contribution in [-0.4, -0.2) is 54.0 Å². The lowest BCUT2D eigenvalue weighted by molar-refractivity contribution is 0.0906. The zero-order valence-electron chi connectivity index (χ0n) is 21.4. The number of benzene rings is 2. The van der Waals surface area contributed by atoms with Crippen molar-refractivity contribution in [3.8, 4) is 11.8 Å². The number of nitriles is 1. The Morgan fingerprint density at radius 3 is 2.43 bits per heavy atom. The van der Waals surface area contributed by atoms with Gasteiger partial charge in [0.25, 0.3) is 5.91 Å². The van der Waals surface area contributed by atoms with E-state index in [0.29, 0.717) is 5.56 Å². The van der Waals surface area contributed by atoms with Crippen LogP contribution in [0.2, 0.25) is 0 Å². The summed E-state index contributed by atoms with van der Waals surface area (Å²) in [4.78, 5) is 17.9. The number of nitrogens with one attached hydrogen (secondary N) is 1. The smallest absolute Gasteiger partial charge is 0.251 e.